The van der Waals surface area contributed by atoms with E-state index in [1.165, 1.54) is 0 Å². The minimum absolute atomic E-state index is 0.234. The van der Waals surface area contributed by atoms with Crippen LogP contribution in [0.1, 0.15) is 33.3 Å². The van der Waals surface area contributed by atoms with Crippen LogP contribution >= 0.6 is 12.2 Å². The molecule has 1 aromatic heterocycles. The van der Waals surface area contributed by atoms with E-state index in [1.807, 2.05) is 56.3 Å². The smallest absolute Gasteiger partial charge is 0.257 e. The molecule has 0 aliphatic carbocycles. The minimum Gasteiger partial charge on any atom is -0.464 e. The van der Waals surface area contributed by atoms with Gasteiger partial charge >= 0.3 is 0 Å². The highest BCUT2D eigenvalue weighted by atomic mass is 32.1. The maximum Gasteiger partial charge on any atom is 0.257 e. The Labute approximate surface area is 174 Å². The summed E-state index contributed by atoms with van der Waals surface area (Å²) in [5.74, 6) is 0.508. The molecule has 1 atom stereocenters. The van der Waals surface area contributed by atoms with E-state index in [1.54, 1.807) is 18.5 Å². The van der Waals surface area contributed by atoms with E-state index in [-0.39, 0.29) is 17.2 Å². The van der Waals surface area contributed by atoms with Crippen molar-refractivity contribution >= 4 is 34.6 Å². The molecule has 7 heteroatoms. The summed E-state index contributed by atoms with van der Waals surface area (Å²) in [6, 6.07) is 15.1. The number of nitrogens with zero attached hydrogens (tertiary/aromatic N) is 1. The Morgan fingerprint density at radius 2 is 2.03 bits per heavy atom. The largest absolute Gasteiger partial charge is 0.464 e. The van der Waals surface area contributed by atoms with Crippen LogP contribution < -0.4 is 20.7 Å². The zero-order valence-corrected chi connectivity index (χ0v) is 16.8. The Bertz CT molecular complexity index is 1090. The number of aromatic nitrogens is 1. The van der Waals surface area contributed by atoms with E-state index in [2.05, 4.69) is 20.9 Å². The number of carbonyl (C=O) groups is 1. The summed E-state index contributed by atoms with van der Waals surface area (Å²) < 4.78 is 5.92. The first-order chi connectivity index (χ1) is 14.0. The average Bonchev–Trinajstić information content (AvgIpc) is 3.12. The lowest BCUT2D eigenvalue weighted by atomic mass is 10.1. The highest BCUT2D eigenvalue weighted by Crippen LogP contribution is 2.39. The van der Waals surface area contributed by atoms with Gasteiger partial charge in [0.15, 0.2) is 11.3 Å². The second-order valence-electron chi connectivity index (χ2n) is 6.87. The van der Waals surface area contributed by atoms with Gasteiger partial charge in [-0.1, -0.05) is 23.8 Å². The monoisotopic (exact) mass is 404 g/mol. The molecule has 4 rings (SSSR count). The van der Waals surface area contributed by atoms with Gasteiger partial charge < -0.3 is 15.4 Å². The third-order valence-corrected chi connectivity index (χ3v) is 4.81. The maximum atomic E-state index is 12.5. The van der Waals surface area contributed by atoms with Crippen molar-refractivity contribution < 1.29 is 9.53 Å². The van der Waals surface area contributed by atoms with Gasteiger partial charge in [-0.15, -0.1) is 0 Å². The van der Waals surface area contributed by atoms with Crippen LogP contribution in [-0.4, -0.2) is 16.0 Å². The van der Waals surface area contributed by atoms with Crippen molar-refractivity contribution in [2.24, 2.45) is 0 Å². The topological polar surface area (TPSA) is 75.3 Å². The number of pyridine rings is 1. The number of hydrogen-bond donors (Lipinski definition) is 3. The molecule has 0 spiro atoms. The SMILES string of the molecule is Cc1ccc(C(=O)NC(=S)Nc2ccc3c(c2)NC(c2cccnc2)O3)c(C)c1. The Kier molecular flexibility index (Phi) is 5.14. The number of thiocarbonyl (C=S) groups is 1. The second kappa shape index (κ2) is 7.89. The fourth-order valence-electron chi connectivity index (χ4n) is 3.20. The van der Waals surface area contributed by atoms with Crippen molar-refractivity contribution in [3.63, 3.8) is 0 Å². The maximum absolute atomic E-state index is 12.5. The summed E-state index contributed by atoms with van der Waals surface area (Å²) in [5, 5.41) is 9.32. The molecule has 146 valence electrons. The van der Waals surface area contributed by atoms with Crippen LogP contribution in [0.5, 0.6) is 5.75 Å². The third-order valence-electron chi connectivity index (χ3n) is 4.61. The number of fused-ring (bicyclic) bond motifs is 1. The van der Waals surface area contributed by atoms with Crippen LogP contribution in [0.3, 0.4) is 0 Å². The summed E-state index contributed by atoms with van der Waals surface area (Å²) in [4.78, 5) is 16.6. The molecule has 29 heavy (non-hydrogen) atoms. The van der Waals surface area contributed by atoms with E-state index >= 15 is 0 Å². The Morgan fingerprint density at radius 1 is 1.17 bits per heavy atom. The zero-order chi connectivity index (χ0) is 20.4. The van der Waals surface area contributed by atoms with E-state index < -0.39 is 0 Å². The molecular formula is C22H20N4O2S. The lowest BCUT2D eigenvalue weighted by molar-refractivity contribution is 0.0977. The number of ether oxygens (including phenoxy) is 1. The molecular weight excluding hydrogens is 384 g/mol. The number of benzene rings is 2. The molecule has 0 saturated carbocycles. The lowest BCUT2D eigenvalue weighted by Gasteiger charge is -2.12. The average molecular weight is 404 g/mol. The van der Waals surface area contributed by atoms with Crippen molar-refractivity contribution in [3.05, 3.63) is 83.2 Å². The summed E-state index contributed by atoms with van der Waals surface area (Å²) in [6.45, 7) is 3.90. The molecule has 0 bridgehead atoms. The standard InChI is InChI=1S/C22H20N4O2S/c1-13-5-7-17(14(2)10-13)20(27)26-22(29)24-16-6-8-19-18(11-16)25-21(28-19)15-4-3-9-23-12-15/h3-12,21,25H,1-2H3,(H2,24,26,27,29). The summed E-state index contributed by atoms with van der Waals surface area (Å²) in [7, 11) is 0. The van der Waals surface area contributed by atoms with Gasteiger partial charge in [-0.25, -0.2) is 0 Å². The number of amides is 1. The zero-order valence-electron chi connectivity index (χ0n) is 16.0. The number of aryl methyl sites for hydroxylation is 2. The van der Waals surface area contributed by atoms with E-state index in [0.717, 1.165) is 33.8 Å². The van der Waals surface area contributed by atoms with Crippen LogP contribution in [0, 0.1) is 13.8 Å². The van der Waals surface area contributed by atoms with E-state index in [0.29, 0.717) is 5.56 Å². The quantitative estimate of drug-likeness (QED) is 0.564. The lowest BCUT2D eigenvalue weighted by Crippen LogP contribution is -2.34. The first kappa shape index (κ1) is 18.9. The van der Waals surface area contributed by atoms with Crippen molar-refractivity contribution in [2.45, 2.75) is 20.1 Å². The van der Waals surface area contributed by atoms with Crippen LogP contribution in [0.25, 0.3) is 0 Å². The molecule has 0 fully saturated rings. The van der Waals surface area contributed by atoms with Crippen molar-refractivity contribution in [1.82, 2.24) is 10.3 Å². The molecule has 2 heterocycles. The van der Waals surface area contributed by atoms with Gasteiger partial charge in [-0.2, -0.15) is 0 Å². The predicted molar refractivity (Wildman–Crippen MR) is 117 cm³/mol. The molecule has 2 aromatic carbocycles. The highest BCUT2D eigenvalue weighted by Gasteiger charge is 2.23. The molecule has 1 amide bonds. The van der Waals surface area contributed by atoms with Crippen LogP contribution in [0.4, 0.5) is 11.4 Å². The molecule has 1 aliphatic heterocycles. The summed E-state index contributed by atoms with van der Waals surface area (Å²) >= 11 is 5.31. The molecule has 1 unspecified atom stereocenters. The van der Waals surface area contributed by atoms with Gasteiger partial charge in [0.05, 0.1) is 5.69 Å². The van der Waals surface area contributed by atoms with Gasteiger partial charge in [-0.05, 0) is 62.0 Å². The van der Waals surface area contributed by atoms with E-state index in [9.17, 15) is 4.79 Å². The molecule has 0 saturated heterocycles. The molecule has 6 nitrogen and oxygen atoms in total. The van der Waals surface area contributed by atoms with Crippen LogP contribution in [-0.2, 0) is 0 Å². The fraction of sp³-hybridized carbons (Fsp3) is 0.136. The van der Waals surface area contributed by atoms with Gasteiger partial charge in [0.1, 0.15) is 5.75 Å². The number of anilines is 2. The van der Waals surface area contributed by atoms with Crippen molar-refractivity contribution in [3.8, 4) is 5.75 Å². The fourth-order valence-corrected chi connectivity index (χ4v) is 3.42. The number of carbonyl (C=O) groups excluding carboxylic acids is 1. The molecule has 1 aliphatic rings. The second-order valence-corrected chi connectivity index (χ2v) is 7.27. The minimum atomic E-state index is -0.287. The normalized spacial score (nSPS) is 14.3. The van der Waals surface area contributed by atoms with Crippen molar-refractivity contribution in [1.29, 1.82) is 0 Å². The molecule has 3 aromatic rings. The highest BCUT2D eigenvalue weighted by molar-refractivity contribution is 7.80. The van der Waals surface area contributed by atoms with Gasteiger partial charge in [0.25, 0.3) is 5.91 Å². The van der Waals surface area contributed by atoms with Gasteiger partial charge in [0.2, 0.25) is 0 Å². The first-order valence-corrected chi connectivity index (χ1v) is 9.57. The molecule has 3 N–H and O–H groups in total. The number of rotatable bonds is 3. The van der Waals surface area contributed by atoms with Crippen LogP contribution in [0.2, 0.25) is 0 Å². The summed E-state index contributed by atoms with van der Waals surface area (Å²) in [5.41, 5.74) is 5.14. The molecule has 0 radical (unpaired) electrons. The first-order valence-electron chi connectivity index (χ1n) is 9.16. The third kappa shape index (κ3) is 4.20. The van der Waals surface area contributed by atoms with Crippen LogP contribution in [0.15, 0.2) is 60.9 Å². The Hall–Kier alpha value is -3.45. The summed E-state index contributed by atoms with van der Waals surface area (Å²) in [6.07, 6.45) is 3.20. The Balaban J connectivity index is 1.41. The van der Waals surface area contributed by atoms with E-state index in [4.69, 9.17) is 17.0 Å². The predicted octanol–water partition coefficient (Wildman–Crippen LogP) is 4.33. The number of nitrogens with one attached hydrogen (secondary N) is 3. The van der Waals surface area contributed by atoms with Gasteiger partial charge in [0, 0.05) is 29.2 Å². The van der Waals surface area contributed by atoms with Gasteiger partial charge in [-0.3, -0.25) is 15.1 Å². The number of hydrogen-bond acceptors (Lipinski definition) is 5. The van der Waals surface area contributed by atoms with Crippen molar-refractivity contribution in [2.75, 3.05) is 10.6 Å². The Morgan fingerprint density at radius 3 is 2.79 bits per heavy atom.